The molecule has 1 aromatic rings. The van der Waals surface area contributed by atoms with E-state index in [1.54, 1.807) is 0 Å². The van der Waals surface area contributed by atoms with Crippen molar-refractivity contribution < 1.29 is 4.74 Å². The average molecular weight is 225 g/mol. The fraction of sp³-hybridized carbons (Fsp3) is 0.636. The normalized spacial score (nSPS) is 10.6. The van der Waals surface area contributed by atoms with Crippen LogP contribution in [0.3, 0.4) is 0 Å². The van der Waals surface area contributed by atoms with Gasteiger partial charge in [0, 0.05) is 19.2 Å². The zero-order chi connectivity index (χ0) is 11.8. The molecule has 5 nitrogen and oxygen atoms in total. The molecule has 0 saturated carbocycles. The molecule has 0 fully saturated rings. The van der Waals surface area contributed by atoms with Crippen molar-refractivity contribution in [3.05, 3.63) is 27.9 Å². The van der Waals surface area contributed by atoms with Crippen LogP contribution in [0.25, 0.3) is 0 Å². The Morgan fingerprint density at radius 1 is 1.50 bits per heavy atom. The van der Waals surface area contributed by atoms with Crippen molar-refractivity contribution in [2.75, 3.05) is 13.2 Å². The minimum absolute atomic E-state index is 0.127. The fourth-order valence-electron chi connectivity index (χ4n) is 1.29. The van der Waals surface area contributed by atoms with Crippen LogP contribution in [0.1, 0.15) is 31.8 Å². The first-order chi connectivity index (χ1) is 7.76. The molecule has 5 heteroatoms. The van der Waals surface area contributed by atoms with Crippen molar-refractivity contribution in [1.82, 2.24) is 15.3 Å². The van der Waals surface area contributed by atoms with Gasteiger partial charge in [0.05, 0.1) is 5.69 Å². The Balaban J connectivity index is 2.62. The number of ether oxygens (including phenoxy) is 1. The van der Waals surface area contributed by atoms with Gasteiger partial charge in [0.25, 0.3) is 5.56 Å². The van der Waals surface area contributed by atoms with E-state index < -0.39 is 0 Å². The maximum absolute atomic E-state index is 11.3. The summed E-state index contributed by atoms with van der Waals surface area (Å²) >= 11 is 0. The highest BCUT2D eigenvalue weighted by Crippen LogP contribution is 1.95. The first-order valence-corrected chi connectivity index (χ1v) is 5.63. The summed E-state index contributed by atoms with van der Waals surface area (Å²) in [7, 11) is 0. The van der Waals surface area contributed by atoms with E-state index >= 15 is 0 Å². The monoisotopic (exact) mass is 225 g/mol. The maximum atomic E-state index is 11.3. The lowest BCUT2D eigenvalue weighted by molar-refractivity contribution is 0.115. The Kier molecular flexibility index (Phi) is 5.74. The van der Waals surface area contributed by atoms with Gasteiger partial charge in [-0.15, -0.1) is 0 Å². The minimum atomic E-state index is -0.127. The van der Waals surface area contributed by atoms with Crippen molar-refractivity contribution in [2.24, 2.45) is 0 Å². The van der Waals surface area contributed by atoms with E-state index in [1.807, 2.05) is 13.8 Å². The molecule has 1 rings (SSSR count). The summed E-state index contributed by atoms with van der Waals surface area (Å²) in [5.74, 6) is 0.592. The third kappa shape index (κ3) is 4.55. The van der Waals surface area contributed by atoms with Crippen LogP contribution in [0.4, 0.5) is 0 Å². The molecular formula is C11H19N3O2. The molecule has 0 bridgehead atoms. The smallest absolute Gasteiger partial charge is 0.251 e. The summed E-state index contributed by atoms with van der Waals surface area (Å²) in [5.41, 5.74) is 0.624. The summed E-state index contributed by atoms with van der Waals surface area (Å²) in [6.07, 6.45) is 0.960. The zero-order valence-electron chi connectivity index (χ0n) is 9.88. The molecule has 0 saturated heterocycles. The molecule has 1 aromatic heterocycles. The Morgan fingerprint density at radius 2 is 2.31 bits per heavy atom. The van der Waals surface area contributed by atoms with Gasteiger partial charge in [-0.2, -0.15) is 0 Å². The third-order valence-corrected chi connectivity index (χ3v) is 1.99. The largest absolute Gasteiger partial charge is 0.374 e. The van der Waals surface area contributed by atoms with Crippen LogP contribution < -0.4 is 10.9 Å². The number of nitrogens with zero attached hydrogens (tertiary/aromatic N) is 1. The van der Waals surface area contributed by atoms with Crippen molar-refractivity contribution >= 4 is 0 Å². The number of hydrogen-bond acceptors (Lipinski definition) is 4. The lowest BCUT2D eigenvalue weighted by Crippen LogP contribution is -2.19. The summed E-state index contributed by atoms with van der Waals surface area (Å²) in [4.78, 5) is 18.3. The number of aromatic amines is 1. The summed E-state index contributed by atoms with van der Waals surface area (Å²) in [5, 5.41) is 3.13. The third-order valence-electron chi connectivity index (χ3n) is 1.99. The van der Waals surface area contributed by atoms with E-state index in [0.717, 1.165) is 18.7 Å². The quantitative estimate of drug-likeness (QED) is 0.674. The van der Waals surface area contributed by atoms with E-state index in [1.165, 1.54) is 6.07 Å². The van der Waals surface area contributed by atoms with Gasteiger partial charge in [-0.3, -0.25) is 4.79 Å². The molecule has 0 aromatic carbocycles. The van der Waals surface area contributed by atoms with Crippen LogP contribution in [-0.2, 0) is 17.9 Å². The fourth-order valence-corrected chi connectivity index (χ4v) is 1.29. The summed E-state index contributed by atoms with van der Waals surface area (Å²) < 4.78 is 5.33. The number of aromatic nitrogens is 2. The van der Waals surface area contributed by atoms with E-state index in [-0.39, 0.29) is 5.56 Å². The van der Waals surface area contributed by atoms with Crippen LogP contribution in [0.5, 0.6) is 0 Å². The van der Waals surface area contributed by atoms with Crippen LogP contribution in [-0.4, -0.2) is 23.1 Å². The predicted molar refractivity (Wildman–Crippen MR) is 62.2 cm³/mol. The molecule has 0 radical (unpaired) electrons. The lowest BCUT2D eigenvalue weighted by Gasteiger charge is -2.05. The number of rotatable bonds is 7. The summed E-state index contributed by atoms with van der Waals surface area (Å²) in [6, 6.07) is 1.51. The van der Waals surface area contributed by atoms with E-state index in [2.05, 4.69) is 15.3 Å². The van der Waals surface area contributed by atoms with Crippen molar-refractivity contribution in [1.29, 1.82) is 0 Å². The van der Waals surface area contributed by atoms with Crippen molar-refractivity contribution in [3.63, 3.8) is 0 Å². The van der Waals surface area contributed by atoms with Crippen LogP contribution in [0.2, 0.25) is 0 Å². The highest BCUT2D eigenvalue weighted by atomic mass is 16.5. The van der Waals surface area contributed by atoms with Crippen LogP contribution in [0.15, 0.2) is 10.9 Å². The van der Waals surface area contributed by atoms with Gasteiger partial charge in [-0.05, 0) is 13.0 Å². The highest BCUT2D eigenvalue weighted by Gasteiger charge is 2.00. The molecule has 0 aliphatic rings. The summed E-state index contributed by atoms with van der Waals surface area (Å²) in [6.45, 7) is 6.57. The maximum Gasteiger partial charge on any atom is 0.251 e. The molecule has 0 aliphatic carbocycles. The molecule has 2 N–H and O–H groups in total. The van der Waals surface area contributed by atoms with Gasteiger partial charge in [0.2, 0.25) is 0 Å². The highest BCUT2D eigenvalue weighted by molar-refractivity contribution is 5.02. The van der Waals surface area contributed by atoms with Crippen molar-refractivity contribution in [2.45, 2.75) is 33.4 Å². The molecule has 16 heavy (non-hydrogen) atoms. The van der Waals surface area contributed by atoms with Gasteiger partial charge >= 0.3 is 0 Å². The Morgan fingerprint density at radius 3 is 3.00 bits per heavy atom. The van der Waals surface area contributed by atoms with Crippen LogP contribution in [0, 0.1) is 0 Å². The molecule has 90 valence electrons. The Hall–Kier alpha value is -1.20. The van der Waals surface area contributed by atoms with E-state index in [4.69, 9.17) is 4.74 Å². The van der Waals surface area contributed by atoms with Gasteiger partial charge in [0.15, 0.2) is 0 Å². The van der Waals surface area contributed by atoms with Gasteiger partial charge < -0.3 is 15.0 Å². The second kappa shape index (κ2) is 7.14. The minimum Gasteiger partial charge on any atom is -0.374 e. The molecular weight excluding hydrogens is 206 g/mol. The molecule has 0 atom stereocenters. The number of nitrogens with one attached hydrogen (secondary N) is 2. The molecule has 0 spiro atoms. The van der Waals surface area contributed by atoms with Crippen LogP contribution >= 0.6 is 0 Å². The molecule has 1 heterocycles. The van der Waals surface area contributed by atoms with Crippen molar-refractivity contribution in [3.8, 4) is 0 Å². The predicted octanol–water partition coefficient (Wildman–Crippen LogP) is 0.806. The van der Waals surface area contributed by atoms with Gasteiger partial charge in [-0.1, -0.05) is 13.8 Å². The Labute approximate surface area is 95.3 Å². The zero-order valence-corrected chi connectivity index (χ0v) is 9.88. The Bertz CT molecular complexity index is 362. The number of H-pyrrole nitrogens is 1. The second-order valence-electron chi connectivity index (χ2n) is 3.52. The lowest BCUT2D eigenvalue weighted by atomic mass is 10.4. The number of hydrogen-bond donors (Lipinski definition) is 2. The van der Waals surface area contributed by atoms with E-state index in [0.29, 0.717) is 25.6 Å². The van der Waals surface area contributed by atoms with Gasteiger partial charge in [-0.25, -0.2) is 4.98 Å². The van der Waals surface area contributed by atoms with Gasteiger partial charge in [0.1, 0.15) is 12.4 Å². The molecule has 0 amide bonds. The first kappa shape index (κ1) is 12.9. The second-order valence-corrected chi connectivity index (χ2v) is 3.52. The van der Waals surface area contributed by atoms with E-state index in [9.17, 15) is 4.79 Å². The first-order valence-electron chi connectivity index (χ1n) is 5.63. The topological polar surface area (TPSA) is 67.0 Å². The standard InChI is InChI=1S/C11H19N3O2/c1-3-5-16-8-10-13-9(7-12-4-2)6-11(15)14-10/h6,12H,3-5,7-8H2,1-2H3,(H,13,14,15). The SMILES string of the molecule is CCCOCc1nc(CNCC)cc(=O)[nH]1. The molecule has 0 aliphatic heterocycles. The average Bonchev–Trinajstić information content (AvgIpc) is 2.26. The molecule has 0 unspecified atom stereocenters.